The van der Waals surface area contributed by atoms with Crippen LogP contribution < -0.4 is 5.19 Å². The molecule has 0 aliphatic rings. The van der Waals surface area contributed by atoms with Gasteiger partial charge in [-0.05, 0) is 16.7 Å². The van der Waals surface area contributed by atoms with E-state index in [-0.39, 0.29) is 0 Å². The lowest BCUT2D eigenvalue weighted by Gasteiger charge is -2.20. The van der Waals surface area contributed by atoms with Crippen molar-refractivity contribution in [3.05, 3.63) is 48.2 Å². The number of aromatic nitrogens is 1. The number of pyridine rings is 1. The monoisotopic (exact) mass is 269 g/mol. The van der Waals surface area contributed by atoms with E-state index in [0.29, 0.717) is 5.92 Å². The second kappa shape index (κ2) is 5.30. The summed E-state index contributed by atoms with van der Waals surface area (Å²) in [6.45, 7) is 11.6. The van der Waals surface area contributed by atoms with Crippen molar-refractivity contribution in [1.82, 2.24) is 4.98 Å². The van der Waals surface area contributed by atoms with Crippen LogP contribution in [0.1, 0.15) is 25.3 Å². The fraction of sp³-hybridized carbons (Fsp3) is 0.353. The molecule has 100 valence electrons. The summed E-state index contributed by atoms with van der Waals surface area (Å²) in [6, 6.07) is 12.9. The molecule has 0 spiro atoms. The van der Waals surface area contributed by atoms with Crippen LogP contribution >= 0.6 is 0 Å². The number of hydrogen-bond donors (Lipinski definition) is 0. The van der Waals surface area contributed by atoms with Gasteiger partial charge in [0.05, 0.1) is 13.8 Å². The van der Waals surface area contributed by atoms with Crippen molar-refractivity contribution in [2.24, 2.45) is 0 Å². The highest BCUT2D eigenvalue weighted by Crippen LogP contribution is 2.26. The minimum atomic E-state index is -1.30. The summed E-state index contributed by atoms with van der Waals surface area (Å²) in [5.41, 5.74) is 3.72. The van der Waals surface area contributed by atoms with Crippen LogP contribution in [0.2, 0.25) is 19.6 Å². The molecule has 0 amide bonds. The second-order valence-corrected chi connectivity index (χ2v) is 11.5. The third-order valence-electron chi connectivity index (χ3n) is 3.45. The summed E-state index contributed by atoms with van der Waals surface area (Å²) >= 11 is 0. The molecule has 1 aromatic heterocycles. The van der Waals surface area contributed by atoms with E-state index in [1.54, 1.807) is 0 Å². The maximum atomic E-state index is 4.77. The maximum absolute atomic E-state index is 4.77. The van der Waals surface area contributed by atoms with Crippen LogP contribution in [0, 0.1) is 0 Å². The molecule has 0 N–H and O–H groups in total. The largest absolute Gasteiger partial charge is 0.256 e. The minimum Gasteiger partial charge on any atom is -0.256 e. The molecule has 0 atom stereocenters. The molecule has 0 aliphatic carbocycles. The number of hydrogen-bond acceptors (Lipinski definition) is 1. The zero-order chi connectivity index (χ0) is 14.0. The van der Waals surface area contributed by atoms with E-state index in [9.17, 15) is 0 Å². The van der Waals surface area contributed by atoms with Gasteiger partial charge in [0.2, 0.25) is 0 Å². The normalized spacial score (nSPS) is 11.9. The molecular weight excluding hydrogens is 246 g/mol. The van der Waals surface area contributed by atoms with Crippen LogP contribution in [0.15, 0.2) is 42.6 Å². The van der Waals surface area contributed by atoms with Gasteiger partial charge in [0.25, 0.3) is 0 Å². The smallest absolute Gasteiger partial charge is 0.0796 e. The van der Waals surface area contributed by atoms with Gasteiger partial charge in [0, 0.05) is 11.8 Å². The summed E-state index contributed by atoms with van der Waals surface area (Å²) < 4.78 is 0. The van der Waals surface area contributed by atoms with Crippen molar-refractivity contribution in [1.29, 1.82) is 0 Å². The third-order valence-corrected chi connectivity index (χ3v) is 5.46. The average molecular weight is 269 g/mol. The number of nitrogens with zero attached hydrogens (tertiary/aromatic N) is 1. The first-order valence-corrected chi connectivity index (χ1v) is 10.5. The fourth-order valence-corrected chi connectivity index (χ4v) is 3.21. The van der Waals surface area contributed by atoms with E-state index < -0.39 is 8.07 Å². The molecule has 1 heterocycles. The molecule has 0 unspecified atom stereocenters. The molecule has 2 aromatic rings. The standard InChI is InChI=1S/C17H23NSi/c1-13(2)16-11-15(19(3,4)5)12-18-17(16)14-9-7-6-8-10-14/h6-13H,1-5H3. The number of rotatable bonds is 3. The Balaban J connectivity index is 2.57. The average Bonchev–Trinajstić information content (AvgIpc) is 2.38. The summed E-state index contributed by atoms with van der Waals surface area (Å²) in [5, 5.41) is 1.44. The topological polar surface area (TPSA) is 12.9 Å². The van der Waals surface area contributed by atoms with Crippen molar-refractivity contribution >= 4 is 13.3 Å². The molecule has 19 heavy (non-hydrogen) atoms. The molecule has 2 heteroatoms. The molecule has 0 bridgehead atoms. The summed E-state index contributed by atoms with van der Waals surface area (Å²) in [6.07, 6.45) is 2.08. The van der Waals surface area contributed by atoms with Crippen molar-refractivity contribution in [2.45, 2.75) is 39.4 Å². The van der Waals surface area contributed by atoms with Crippen molar-refractivity contribution in [2.75, 3.05) is 0 Å². The second-order valence-electron chi connectivity index (χ2n) is 6.43. The third kappa shape index (κ3) is 3.13. The Kier molecular flexibility index (Phi) is 3.90. The highest BCUT2D eigenvalue weighted by molar-refractivity contribution is 6.88. The molecule has 0 radical (unpaired) electrons. The van der Waals surface area contributed by atoms with Gasteiger partial charge in [-0.25, -0.2) is 0 Å². The van der Waals surface area contributed by atoms with Crippen molar-refractivity contribution < 1.29 is 0 Å². The predicted molar refractivity (Wildman–Crippen MR) is 86.7 cm³/mol. The van der Waals surface area contributed by atoms with E-state index >= 15 is 0 Å². The Morgan fingerprint density at radius 3 is 2.16 bits per heavy atom. The first-order chi connectivity index (χ1) is 8.89. The minimum absolute atomic E-state index is 0.499. The van der Waals surface area contributed by atoms with E-state index in [0.717, 1.165) is 5.69 Å². The van der Waals surface area contributed by atoms with E-state index in [1.807, 2.05) is 0 Å². The van der Waals surface area contributed by atoms with Crippen LogP contribution in [0.25, 0.3) is 11.3 Å². The lowest BCUT2D eigenvalue weighted by Crippen LogP contribution is -2.38. The Bertz CT molecular complexity index is 553. The molecule has 1 aromatic carbocycles. The predicted octanol–water partition coefficient (Wildman–Crippen LogP) is 4.42. The van der Waals surface area contributed by atoms with E-state index in [1.165, 1.54) is 16.3 Å². The van der Waals surface area contributed by atoms with Crippen LogP contribution in [-0.4, -0.2) is 13.1 Å². The van der Waals surface area contributed by atoms with Crippen molar-refractivity contribution in [3.63, 3.8) is 0 Å². The SMILES string of the molecule is CC(C)c1cc([Si](C)(C)C)cnc1-c1ccccc1. The van der Waals surface area contributed by atoms with Gasteiger partial charge in [0.1, 0.15) is 0 Å². The van der Waals surface area contributed by atoms with Gasteiger partial charge in [-0.1, -0.05) is 69.9 Å². The van der Waals surface area contributed by atoms with Crippen LogP contribution in [0.4, 0.5) is 0 Å². The maximum Gasteiger partial charge on any atom is 0.0796 e. The van der Waals surface area contributed by atoms with Gasteiger partial charge < -0.3 is 0 Å². The van der Waals surface area contributed by atoms with Gasteiger partial charge in [-0.15, -0.1) is 0 Å². The summed E-state index contributed by atoms with van der Waals surface area (Å²) in [7, 11) is -1.30. The molecule has 0 saturated heterocycles. The lowest BCUT2D eigenvalue weighted by atomic mass is 9.97. The molecule has 1 nitrogen and oxygen atoms in total. The molecule has 0 aliphatic heterocycles. The fourth-order valence-electron chi connectivity index (χ4n) is 2.17. The molecular formula is C17H23NSi. The molecule has 0 fully saturated rings. The van der Waals surface area contributed by atoms with E-state index in [4.69, 9.17) is 4.98 Å². The first kappa shape index (κ1) is 14.0. The summed E-state index contributed by atoms with van der Waals surface area (Å²) in [4.78, 5) is 4.77. The Hall–Kier alpha value is -1.41. The Morgan fingerprint density at radius 2 is 1.63 bits per heavy atom. The van der Waals surface area contributed by atoms with Gasteiger partial charge in [0.15, 0.2) is 0 Å². The van der Waals surface area contributed by atoms with Crippen LogP contribution in [-0.2, 0) is 0 Å². The van der Waals surface area contributed by atoms with Crippen LogP contribution in [0.5, 0.6) is 0 Å². The number of benzene rings is 1. The zero-order valence-electron chi connectivity index (χ0n) is 12.6. The van der Waals surface area contributed by atoms with E-state index in [2.05, 4.69) is 76.1 Å². The van der Waals surface area contributed by atoms with Gasteiger partial charge >= 0.3 is 0 Å². The zero-order valence-corrected chi connectivity index (χ0v) is 13.6. The van der Waals surface area contributed by atoms with Gasteiger partial charge in [-0.2, -0.15) is 0 Å². The van der Waals surface area contributed by atoms with Crippen molar-refractivity contribution in [3.8, 4) is 11.3 Å². The highest BCUT2D eigenvalue weighted by atomic mass is 28.3. The first-order valence-electron chi connectivity index (χ1n) is 6.95. The Morgan fingerprint density at radius 1 is 1.00 bits per heavy atom. The lowest BCUT2D eigenvalue weighted by molar-refractivity contribution is 0.863. The molecule has 2 rings (SSSR count). The Labute approximate surface area is 117 Å². The van der Waals surface area contributed by atoms with Crippen LogP contribution in [0.3, 0.4) is 0 Å². The molecule has 0 saturated carbocycles. The summed E-state index contributed by atoms with van der Waals surface area (Å²) in [5.74, 6) is 0.499. The highest BCUT2D eigenvalue weighted by Gasteiger charge is 2.20. The van der Waals surface area contributed by atoms with Gasteiger partial charge in [-0.3, -0.25) is 4.98 Å². The quantitative estimate of drug-likeness (QED) is 0.752.